The van der Waals surface area contributed by atoms with Crippen molar-refractivity contribution in [2.24, 2.45) is 5.92 Å². The van der Waals surface area contributed by atoms with Crippen molar-refractivity contribution in [2.75, 3.05) is 12.3 Å². The van der Waals surface area contributed by atoms with Crippen molar-refractivity contribution in [3.8, 4) is 0 Å². The second kappa shape index (κ2) is 8.84. The molecule has 1 aliphatic rings. The summed E-state index contributed by atoms with van der Waals surface area (Å²) >= 11 is -0.943. The minimum atomic E-state index is -0.943. The van der Waals surface area contributed by atoms with Crippen LogP contribution in [-0.4, -0.2) is 27.7 Å². The number of fused-ring (bicyclic) bond motifs is 1. The van der Waals surface area contributed by atoms with Gasteiger partial charge in [-0.2, -0.15) is 0 Å². The van der Waals surface area contributed by atoms with E-state index in [4.69, 9.17) is 0 Å². The molecule has 0 bridgehead atoms. The molecule has 1 heterocycles. The molecule has 1 unspecified atom stereocenters. The van der Waals surface area contributed by atoms with Crippen LogP contribution in [0.3, 0.4) is 0 Å². The Morgan fingerprint density at radius 1 is 1.14 bits per heavy atom. The van der Waals surface area contributed by atoms with Crippen LogP contribution in [0, 0.1) is 5.92 Å². The number of nitrogens with one attached hydrogen (secondary N) is 2. The first kappa shape index (κ1) is 19.1. The summed E-state index contributed by atoms with van der Waals surface area (Å²) in [7, 11) is 0. The van der Waals surface area contributed by atoms with Gasteiger partial charge in [-0.1, -0.05) is 31.0 Å². The Hall–Kier alpha value is -2.24. The Morgan fingerprint density at radius 2 is 1.93 bits per heavy atom. The van der Waals surface area contributed by atoms with Crippen molar-refractivity contribution in [1.82, 2.24) is 10.3 Å². The molecule has 0 radical (unpaired) electrons. The number of carbonyl (C=O) groups excluding carboxylic acids is 1. The topological polar surface area (TPSA) is 68.0 Å². The fourth-order valence-corrected chi connectivity index (χ4v) is 5.42. The zero-order valence-corrected chi connectivity index (χ0v) is 16.8. The Balaban J connectivity index is 1.40. The first-order valence-corrected chi connectivity index (χ1v) is 11.3. The Bertz CT molecular complexity index is 932. The molecule has 1 amide bonds. The van der Waals surface area contributed by atoms with Gasteiger partial charge in [-0.15, -0.1) is 0 Å². The van der Waals surface area contributed by atoms with E-state index in [9.17, 15) is 9.35 Å². The Labute approximate surface area is 168 Å². The summed E-state index contributed by atoms with van der Waals surface area (Å²) in [5.74, 6) is 1.33. The van der Waals surface area contributed by atoms with Gasteiger partial charge in [-0.25, -0.2) is 0 Å². The Morgan fingerprint density at radius 3 is 2.71 bits per heavy atom. The van der Waals surface area contributed by atoms with Crippen molar-refractivity contribution in [1.29, 1.82) is 0 Å². The fourth-order valence-electron chi connectivity index (χ4n) is 4.00. The average molecular weight is 395 g/mol. The first-order chi connectivity index (χ1) is 13.7. The van der Waals surface area contributed by atoms with E-state index in [1.54, 1.807) is 0 Å². The van der Waals surface area contributed by atoms with Gasteiger partial charge in [0.1, 0.15) is 5.75 Å². The van der Waals surface area contributed by atoms with Crippen molar-refractivity contribution in [3.05, 3.63) is 65.9 Å². The lowest BCUT2D eigenvalue weighted by Gasteiger charge is -2.14. The standard InChI is InChI=1S/C23H26N2O2S/c26-23(18-8-2-1-3-9-18)24-13-12-19-15-25-22-11-10-20(14-21(19)22)28(27)16-17-6-4-5-7-17/h1-3,8-11,14-15,17,25H,4-7,12-13,16H2,(H,24,26). The third-order valence-corrected chi connectivity index (χ3v) is 7.13. The number of benzene rings is 2. The lowest BCUT2D eigenvalue weighted by Crippen LogP contribution is -2.25. The summed E-state index contributed by atoms with van der Waals surface area (Å²) in [5.41, 5.74) is 2.86. The van der Waals surface area contributed by atoms with Crippen LogP contribution in [0.4, 0.5) is 0 Å². The summed E-state index contributed by atoms with van der Waals surface area (Å²) in [4.78, 5) is 16.4. The maximum atomic E-state index is 12.8. The van der Waals surface area contributed by atoms with Gasteiger partial charge in [0.2, 0.25) is 0 Å². The van der Waals surface area contributed by atoms with E-state index in [1.165, 1.54) is 25.7 Å². The molecule has 2 aromatic carbocycles. The maximum absolute atomic E-state index is 12.8. The number of hydrogen-bond acceptors (Lipinski definition) is 2. The van der Waals surface area contributed by atoms with Gasteiger partial charge in [-0.3, -0.25) is 4.79 Å². The van der Waals surface area contributed by atoms with E-state index in [0.29, 0.717) is 18.0 Å². The number of amides is 1. The third kappa shape index (κ3) is 4.42. The molecular weight excluding hydrogens is 368 g/mol. The summed E-state index contributed by atoms with van der Waals surface area (Å²) in [6, 6.07) is 15.3. The molecule has 1 aromatic heterocycles. The van der Waals surface area contributed by atoms with Crippen molar-refractivity contribution >= 4 is 28.0 Å². The molecule has 0 saturated heterocycles. The molecular formula is C23H26N2O2S. The number of hydrogen-bond donors (Lipinski definition) is 2. The fraction of sp³-hybridized carbons (Fsp3) is 0.348. The number of rotatable bonds is 7. The average Bonchev–Trinajstić information content (AvgIpc) is 3.38. The molecule has 28 heavy (non-hydrogen) atoms. The van der Waals surface area contributed by atoms with Gasteiger partial charge in [0.15, 0.2) is 4.90 Å². The highest BCUT2D eigenvalue weighted by atomic mass is 32.2. The molecule has 1 atom stereocenters. The smallest absolute Gasteiger partial charge is 0.251 e. The molecule has 1 aliphatic carbocycles. The third-order valence-electron chi connectivity index (χ3n) is 5.58. The highest BCUT2D eigenvalue weighted by Crippen LogP contribution is 2.29. The molecule has 0 aliphatic heterocycles. The van der Waals surface area contributed by atoms with E-state index >= 15 is 0 Å². The minimum Gasteiger partial charge on any atom is -0.611 e. The van der Waals surface area contributed by atoms with Crippen LogP contribution in [-0.2, 0) is 17.6 Å². The second-order valence-corrected chi connectivity index (χ2v) is 9.05. The SMILES string of the molecule is O=C(NCCc1c[nH]c2ccc([S+]([O-])CC3CCCC3)cc12)c1ccccc1. The summed E-state index contributed by atoms with van der Waals surface area (Å²) in [6.45, 7) is 0.566. The number of aromatic amines is 1. The van der Waals surface area contributed by atoms with Gasteiger partial charge in [0.05, 0.1) is 0 Å². The number of carbonyl (C=O) groups is 1. The van der Waals surface area contributed by atoms with Crippen LogP contribution in [0.15, 0.2) is 59.6 Å². The quantitative estimate of drug-likeness (QED) is 0.582. The van der Waals surface area contributed by atoms with E-state index in [0.717, 1.165) is 33.5 Å². The van der Waals surface area contributed by atoms with Crippen LogP contribution in [0.5, 0.6) is 0 Å². The van der Waals surface area contributed by atoms with Crippen LogP contribution in [0.25, 0.3) is 10.9 Å². The van der Waals surface area contributed by atoms with Crippen LogP contribution in [0.2, 0.25) is 0 Å². The van der Waals surface area contributed by atoms with Crippen molar-refractivity contribution in [2.45, 2.75) is 37.0 Å². The Kier molecular flexibility index (Phi) is 6.03. The predicted octanol–water partition coefficient (Wildman–Crippen LogP) is 4.44. The monoisotopic (exact) mass is 394 g/mol. The largest absolute Gasteiger partial charge is 0.611 e. The first-order valence-electron chi connectivity index (χ1n) is 10.0. The van der Waals surface area contributed by atoms with Gasteiger partial charge in [0, 0.05) is 41.2 Å². The molecule has 5 heteroatoms. The highest BCUT2D eigenvalue weighted by molar-refractivity contribution is 7.91. The lowest BCUT2D eigenvalue weighted by molar-refractivity contribution is 0.0954. The zero-order valence-electron chi connectivity index (χ0n) is 15.9. The van der Waals surface area contributed by atoms with Gasteiger partial charge >= 0.3 is 0 Å². The molecule has 4 rings (SSSR count). The van der Waals surface area contributed by atoms with Gasteiger partial charge in [0.25, 0.3) is 5.91 Å². The van der Waals surface area contributed by atoms with Gasteiger partial charge in [-0.05, 0) is 60.3 Å². The molecule has 4 nitrogen and oxygen atoms in total. The highest BCUT2D eigenvalue weighted by Gasteiger charge is 2.23. The van der Waals surface area contributed by atoms with E-state index in [-0.39, 0.29) is 5.91 Å². The zero-order chi connectivity index (χ0) is 19.3. The summed E-state index contributed by atoms with van der Waals surface area (Å²) in [6.07, 6.45) is 7.70. The van der Waals surface area contributed by atoms with Crippen molar-refractivity contribution < 1.29 is 9.35 Å². The van der Waals surface area contributed by atoms with Crippen LogP contribution < -0.4 is 5.32 Å². The van der Waals surface area contributed by atoms with Crippen LogP contribution >= 0.6 is 0 Å². The second-order valence-electron chi connectivity index (χ2n) is 7.56. The minimum absolute atomic E-state index is 0.0567. The predicted molar refractivity (Wildman–Crippen MR) is 114 cm³/mol. The van der Waals surface area contributed by atoms with Crippen molar-refractivity contribution in [3.63, 3.8) is 0 Å². The van der Waals surface area contributed by atoms with E-state index in [1.807, 2.05) is 48.7 Å². The summed E-state index contributed by atoms with van der Waals surface area (Å²) in [5, 5.41) is 4.08. The normalized spacial score (nSPS) is 15.8. The number of aromatic nitrogens is 1. The maximum Gasteiger partial charge on any atom is 0.251 e. The molecule has 3 aromatic rings. The van der Waals surface area contributed by atoms with Crippen LogP contribution in [0.1, 0.15) is 41.6 Å². The molecule has 146 valence electrons. The van der Waals surface area contributed by atoms with E-state index < -0.39 is 11.2 Å². The molecule has 0 spiro atoms. The molecule has 1 saturated carbocycles. The molecule has 1 fully saturated rings. The van der Waals surface area contributed by atoms with Gasteiger partial charge < -0.3 is 14.9 Å². The van der Waals surface area contributed by atoms with E-state index in [2.05, 4.69) is 16.4 Å². The summed E-state index contributed by atoms with van der Waals surface area (Å²) < 4.78 is 12.8. The number of H-pyrrole nitrogens is 1. The molecule has 2 N–H and O–H groups in total. The lowest BCUT2D eigenvalue weighted by atomic mass is 10.1.